The van der Waals surface area contributed by atoms with Crippen LogP contribution in [0.5, 0.6) is 0 Å². The number of rotatable bonds is 28. The van der Waals surface area contributed by atoms with E-state index in [2.05, 4.69) is 43.5 Å². The zero-order valence-electron chi connectivity index (χ0n) is 25.1. The molecule has 0 fully saturated rings. The van der Waals surface area contributed by atoms with E-state index in [0.29, 0.717) is 12.8 Å². The molecule has 0 aromatic rings. The quantitative estimate of drug-likeness (QED) is 0.0603. The summed E-state index contributed by atoms with van der Waals surface area (Å²) in [6.45, 7) is 4.10. The average molecular weight is 538 g/mol. The Morgan fingerprint density at radius 2 is 1.08 bits per heavy atom. The molecule has 0 rings (SSSR count). The van der Waals surface area contributed by atoms with Crippen LogP contribution in [0.15, 0.2) is 24.3 Å². The minimum absolute atomic E-state index is 0.163. The summed E-state index contributed by atoms with van der Waals surface area (Å²) in [5, 5.41) is 33.1. The van der Waals surface area contributed by atoms with Crippen LogP contribution in [-0.4, -0.2) is 46.1 Å². The van der Waals surface area contributed by atoms with Crippen LogP contribution in [0.2, 0.25) is 0 Å². The first-order valence-electron chi connectivity index (χ1n) is 16.1. The van der Waals surface area contributed by atoms with E-state index >= 15 is 0 Å². The molecule has 5 nitrogen and oxygen atoms in total. The predicted octanol–water partition coefficient (Wildman–Crippen LogP) is 7.92. The molecule has 5 heteroatoms. The fourth-order valence-electron chi connectivity index (χ4n) is 4.70. The highest BCUT2D eigenvalue weighted by atomic mass is 16.3. The molecular formula is C33H63NO4. The number of carbonyl (C=O) groups is 1. The lowest BCUT2D eigenvalue weighted by molar-refractivity contribution is -0.124. The van der Waals surface area contributed by atoms with E-state index in [-0.39, 0.29) is 12.5 Å². The Kier molecular flexibility index (Phi) is 27.9. The van der Waals surface area contributed by atoms with E-state index in [0.717, 1.165) is 44.9 Å². The summed E-state index contributed by atoms with van der Waals surface area (Å²) in [7, 11) is 0. The Morgan fingerprint density at radius 3 is 1.61 bits per heavy atom. The molecule has 3 unspecified atom stereocenters. The van der Waals surface area contributed by atoms with Gasteiger partial charge >= 0.3 is 0 Å². The Balaban J connectivity index is 3.83. The lowest BCUT2D eigenvalue weighted by atomic mass is 10.0. The van der Waals surface area contributed by atoms with Crippen LogP contribution in [0.4, 0.5) is 0 Å². The number of allylic oxidation sites excluding steroid dienone is 4. The maximum atomic E-state index is 12.3. The Labute approximate surface area is 235 Å². The second kappa shape index (κ2) is 28.8. The number of hydrogen-bond donors (Lipinski definition) is 4. The van der Waals surface area contributed by atoms with Crippen molar-refractivity contribution in [3.63, 3.8) is 0 Å². The molecule has 0 saturated heterocycles. The van der Waals surface area contributed by atoms with Crippen LogP contribution in [0.3, 0.4) is 0 Å². The summed E-state index contributed by atoms with van der Waals surface area (Å²) < 4.78 is 0. The zero-order valence-corrected chi connectivity index (χ0v) is 25.1. The maximum absolute atomic E-state index is 12.3. The van der Waals surface area contributed by atoms with Crippen molar-refractivity contribution in [1.29, 1.82) is 0 Å². The number of carbonyl (C=O) groups excluding carboxylic acids is 1. The molecule has 0 heterocycles. The van der Waals surface area contributed by atoms with Gasteiger partial charge in [-0.2, -0.15) is 0 Å². The maximum Gasteiger partial charge on any atom is 0.220 e. The van der Waals surface area contributed by atoms with Crippen LogP contribution < -0.4 is 5.32 Å². The monoisotopic (exact) mass is 537 g/mol. The molecule has 224 valence electrons. The molecular weight excluding hydrogens is 474 g/mol. The molecule has 1 amide bonds. The third kappa shape index (κ3) is 23.9. The van der Waals surface area contributed by atoms with Crippen molar-refractivity contribution in [2.24, 2.45) is 0 Å². The second-order valence-corrected chi connectivity index (χ2v) is 11.0. The predicted molar refractivity (Wildman–Crippen MR) is 162 cm³/mol. The molecule has 0 saturated carbocycles. The van der Waals surface area contributed by atoms with Crippen molar-refractivity contribution >= 4 is 5.91 Å². The first-order chi connectivity index (χ1) is 18.6. The molecule has 0 aliphatic rings. The van der Waals surface area contributed by atoms with Crippen LogP contribution in [0, 0.1) is 0 Å². The van der Waals surface area contributed by atoms with Gasteiger partial charge in [0, 0.05) is 6.42 Å². The van der Waals surface area contributed by atoms with Crippen LogP contribution in [0.1, 0.15) is 155 Å². The fourth-order valence-corrected chi connectivity index (χ4v) is 4.70. The summed E-state index contributed by atoms with van der Waals surface area (Å²) in [5.74, 6) is -0.163. The fraction of sp³-hybridized carbons (Fsp3) is 0.848. The van der Waals surface area contributed by atoms with Gasteiger partial charge < -0.3 is 20.6 Å². The van der Waals surface area contributed by atoms with Gasteiger partial charge in [-0.25, -0.2) is 0 Å². The second-order valence-electron chi connectivity index (χ2n) is 11.0. The van der Waals surface area contributed by atoms with Gasteiger partial charge in [0.05, 0.1) is 18.8 Å². The average Bonchev–Trinajstić information content (AvgIpc) is 2.92. The summed E-state index contributed by atoms with van der Waals surface area (Å²) in [6.07, 6.45) is 31.2. The van der Waals surface area contributed by atoms with Crippen LogP contribution in [0.25, 0.3) is 0 Å². The van der Waals surface area contributed by atoms with Crippen LogP contribution >= 0.6 is 0 Å². The summed E-state index contributed by atoms with van der Waals surface area (Å²) in [5.41, 5.74) is 0. The van der Waals surface area contributed by atoms with Gasteiger partial charge in [0.15, 0.2) is 0 Å². The Morgan fingerprint density at radius 1 is 0.632 bits per heavy atom. The first kappa shape index (κ1) is 36.8. The standard InChI is InChI=1S/C33H63NO4/c1-3-5-7-9-11-13-15-16-18-19-21-23-25-27-31(36)33(38)30(29-35)34-32(37)28-26-24-22-20-17-14-12-10-8-6-4-2/h13,15,19,21,30-31,33,35-36,38H,3-12,14,16-18,20,22-29H2,1-2H3,(H,34,37)/b15-13+,21-19+. The van der Waals surface area contributed by atoms with E-state index in [4.69, 9.17) is 0 Å². The van der Waals surface area contributed by atoms with Gasteiger partial charge in [0.2, 0.25) is 5.91 Å². The topological polar surface area (TPSA) is 89.8 Å². The van der Waals surface area contributed by atoms with Gasteiger partial charge in [-0.15, -0.1) is 0 Å². The molecule has 4 N–H and O–H groups in total. The molecule has 0 bridgehead atoms. The molecule has 0 aliphatic heterocycles. The van der Waals surface area contributed by atoms with Gasteiger partial charge in [-0.1, -0.05) is 122 Å². The molecule has 0 spiro atoms. The third-order valence-corrected chi connectivity index (χ3v) is 7.29. The van der Waals surface area contributed by atoms with E-state index in [1.54, 1.807) is 0 Å². The van der Waals surface area contributed by atoms with Gasteiger partial charge in [0.25, 0.3) is 0 Å². The van der Waals surface area contributed by atoms with Crippen molar-refractivity contribution in [3.05, 3.63) is 24.3 Å². The number of aliphatic hydroxyl groups is 3. The molecule has 0 aromatic carbocycles. The minimum atomic E-state index is -1.16. The van der Waals surface area contributed by atoms with Crippen molar-refractivity contribution < 1.29 is 20.1 Å². The molecule has 0 aliphatic carbocycles. The zero-order chi connectivity index (χ0) is 28.1. The number of nitrogens with one attached hydrogen (secondary N) is 1. The van der Waals surface area contributed by atoms with Crippen molar-refractivity contribution in [2.45, 2.75) is 173 Å². The molecule has 3 atom stereocenters. The number of aliphatic hydroxyl groups excluding tert-OH is 3. The van der Waals surface area contributed by atoms with Gasteiger partial charge in [-0.3, -0.25) is 4.79 Å². The first-order valence-corrected chi connectivity index (χ1v) is 16.1. The van der Waals surface area contributed by atoms with Gasteiger partial charge in [0.1, 0.15) is 6.10 Å². The van der Waals surface area contributed by atoms with E-state index in [1.807, 2.05) is 0 Å². The number of unbranched alkanes of at least 4 members (excludes halogenated alkanes) is 16. The van der Waals surface area contributed by atoms with Crippen LogP contribution in [-0.2, 0) is 4.79 Å². The SMILES string of the molecule is CCCCCC/C=C/CC/C=C/CCCC(O)C(O)C(CO)NC(=O)CCCCCCCCCCCCC. The van der Waals surface area contributed by atoms with E-state index < -0.39 is 18.2 Å². The highest BCUT2D eigenvalue weighted by molar-refractivity contribution is 5.76. The molecule has 0 radical (unpaired) electrons. The molecule has 0 aromatic heterocycles. The normalized spacial score (nSPS) is 14.3. The van der Waals surface area contributed by atoms with Gasteiger partial charge in [-0.05, 0) is 51.4 Å². The van der Waals surface area contributed by atoms with Crippen molar-refractivity contribution in [3.8, 4) is 0 Å². The molecule has 38 heavy (non-hydrogen) atoms. The summed E-state index contributed by atoms with van der Waals surface area (Å²) in [4.78, 5) is 12.3. The smallest absolute Gasteiger partial charge is 0.220 e. The lowest BCUT2D eigenvalue weighted by Gasteiger charge is -2.26. The third-order valence-electron chi connectivity index (χ3n) is 7.29. The largest absolute Gasteiger partial charge is 0.394 e. The lowest BCUT2D eigenvalue weighted by Crippen LogP contribution is -2.50. The number of amides is 1. The van der Waals surface area contributed by atoms with E-state index in [9.17, 15) is 20.1 Å². The Hall–Kier alpha value is -1.17. The summed E-state index contributed by atoms with van der Waals surface area (Å²) in [6, 6.07) is -0.825. The van der Waals surface area contributed by atoms with Crippen molar-refractivity contribution in [2.75, 3.05) is 6.61 Å². The highest BCUT2D eigenvalue weighted by Gasteiger charge is 2.26. The van der Waals surface area contributed by atoms with Crippen molar-refractivity contribution in [1.82, 2.24) is 5.32 Å². The summed E-state index contributed by atoms with van der Waals surface area (Å²) >= 11 is 0. The van der Waals surface area contributed by atoms with E-state index in [1.165, 1.54) is 83.5 Å². The highest BCUT2D eigenvalue weighted by Crippen LogP contribution is 2.13. The Bertz CT molecular complexity index is 563. The number of hydrogen-bond acceptors (Lipinski definition) is 4. The minimum Gasteiger partial charge on any atom is -0.394 e.